The number of non-ortho nitro benzene ring substituents is 1. The highest BCUT2D eigenvalue weighted by Gasteiger charge is 2.16. The zero-order valence-corrected chi connectivity index (χ0v) is 17.2. The summed E-state index contributed by atoms with van der Waals surface area (Å²) in [7, 11) is 0. The maximum atomic E-state index is 10.4. The Hall–Kier alpha value is -1.66. The van der Waals surface area contributed by atoms with Gasteiger partial charge >= 0.3 is 0 Å². The predicted octanol–water partition coefficient (Wildman–Crippen LogP) is -0.345. The Morgan fingerprint density at radius 2 is 1.41 bits per heavy atom. The van der Waals surface area contributed by atoms with Crippen molar-refractivity contribution in [2.24, 2.45) is 5.73 Å². The van der Waals surface area contributed by atoms with E-state index in [0.29, 0.717) is 5.56 Å². The lowest BCUT2D eigenvalue weighted by Crippen LogP contribution is -2.40. The number of nitrogens with zero attached hydrogens (tertiary/aromatic N) is 1. The van der Waals surface area contributed by atoms with Crippen LogP contribution in [0.2, 0.25) is 0 Å². The maximum Gasteiger partial charge on any atom is 0.269 e. The van der Waals surface area contributed by atoms with Crippen molar-refractivity contribution in [1.82, 2.24) is 10.6 Å². The minimum atomic E-state index is -1.02. The van der Waals surface area contributed by atoms with Gasteiger partial charge in [0.25, 0.3) is 5.69 Å². The Kier molecular flexibility index (Phi) is 15.2. The van der Waals surface area contributed by atoms with Gasteiger partial charge in [-0.25, -0.2) is 0 Å². The van der Waals surface area contributed by atoms with Gasteiger partial charge in [-0.3, -0.25) is 10.1 Å². The predicted molar refractivity (Wildman–Crippen MR) is 111 cm³/mol. The van der Waals surface area contributed by atoms with Crippen molar-refractivity contribution in [2.45, 2.75) is 50.9 Å². The molecule has 2 unspecified atom stereocenters. The first-order chi connectivity index (χ1) is 13.8. The highest BCUT2D eigenvalue weighted by molar-refractivity contribution is 5.34. The van der Waals surface area contributed by atoms with E-state index >= 15 is 0 Å². The van der Waals surface area contributed by atoms with Crippen molar-refractivity contribution in [3.05, 3.63) is 39.9 Å². The summed E-state index contributed by atoms with van der Waals surface area (Å²) in [6, 6.07) is 5.01. The van der Waals surface area contributed by atoms with Crippen molar-refractivity contribution >= 4 is 5.69 Å². The van der Waals surface area contributed by atoms with Crippen molar-refractivity contribution in [3.63, 3.8) is 0 Å². The monoisotopic (exact) mass is 416 g/mol. The van der Waals surface area contributed by atoms with Gasteiger partial charge in [0.2, 0.25) is 0 Å². The third-order valence-corrected chi connectivity index (χ3v) is 4.48. The van der Waals surface area contributed by atoms with Gasteiger partial charge in [0.1, 0.15) is 0 Å². The molecule has 1 rings (SSSR count). The van der Waals surface area contributed by atoms with Gasteiger partial charge in [-0.15, -0.1) is 0 Å². The van der Waals surface area contributed by atoms with Crippen molar-refractivity contribution in [1.29, 1.82) is 0 Å². The number of aliphatic hydroxyl groups is 4. The molecule has 0 saturated heterocycles. The summed E-state index contributed by atoms with van der Waals surface area (Å²) in [5, 5.41) is 52.9. The van der Waals surface area contributed by atoms with Gasteiger partial charge in [0.15, 0.2) is 0 Å². The van der Waals surface area contributed by atoms with Crippen molar-refractivity contribution in [3.8, 4) is 0 Å². The van der Waals surface area contributed by atoms with Crippen LogP contribution in [-0.4, -0.2) is 76.4 Å². The summed E-state index contributed by atoms with van der Waals surface area (Å²) in [6.07, 6.45) is 0.859. The van der Waals surface area contributed by atoms with E-state index in [1.807, 2.05) is 13.8 Å². The molecule has 10 nitrogen and oxygen atoms in total. The summed E-state index contributed by atoms with van der Waals surface area (Å²) in [5.41, 5.74) is 5.81. The fourth-order valence-corrected chi connectivity index (χ4v) is 2.37. The molecule has 4 atom stereocenters. The number of nitrogens with two attached hydrogens (primary N) is 1. The number of benzene rings is 1. The quantitative estimate of drug-likeness (QED) is 0.129. The zero-order chi connectivity index (χ0) is 22.2. The smallest absolute Gasteiger partial charge is 0.269 e. The lowest BCUT2D eigenvalue weighted by atomic mass is 10.0. The Balaban J connectivity index is 0.000000543. The van der Waals surface area contributed by atoms with Crippen LogP contribution in [0.3, 0.4) is 0 Å². The average molecular weight is 417 g/mol. The molecule has 0 bridgehead atoms. The van der Waals surface area contributed by atoms with E-state index in [1.165, 1.54) is 24.3 Å². The minimum absolute atomic E-state index is 0.0523. The molecule has 0 aliphatic rings. The fraction of sp³-hybridized carbons (Fsp3) is 0.684. The van der Waals surface area contributed by atoms with E-state index in [4.69, 9.17) is 21.1 Å². The van der Waals surface area contributed by atoms with Crippen LogP contribution >= 0.6 is 0 Å². The number of rotatable bonds is 13. The Morgan fingerprint density at radius 1 is 0.966 bits per heavy atom. The van der Waals surface area contributed by atoms with Gasteiger partial charge < -0.3 is 36.8 Å². The Bertz CT molecular complexity index is 524. The first kappa shape index (κ1) is 27.3. The van der Waals surface area contributed by atoms with Crippen LogP contribution in [0.4, 0.5) is 5.69 Å². The molecule has 1 aromatic carbocycles. The highest BCUT2D eigenvalue weighted by atomic mass is 16.6. The van der Waals surface area contributed by atoms with Crippen LogP contribution in [0.25, 0.3) is 0 Å². The van der Waals surface area contributed by atoms with Crippen LogP contribution in [0.1, 0.15) is 38.4 Å². The first-order valence-electron chi connectivity index (χ1n) is 9.81. The number of nitro benzene ring substituents is 1. The van der Waals surface area contributed by atoms with Crippen LogP contribution in [0.5, 0.6) is 0 Å². The number of hydrogen-bond acceptors (Lipinski definition) is 9. The molecule has 1 aromatic rings. The number of nitrogens with one attached hydrogen (secondary N) is 2. The van der Waals surface area contributed by atoms with E-state index < -0.39 is 17.1 Å². The van der Waals surface area contributed by atoms with E-state index in [1.54, 1.807) is 0 Å². The van der Waals surface area contributed by atoms with Crippen LogP contribution < -0.4 is 16.4 Å². The minimum Gasteiger partial charge on any atom is -0.395 e. The molecule has 29 heavy (non-hydrogen) atoms. The molecule has 0 fully saturated rings. The third kappa shape index (κ3) is 11.2. The van der Waals surface area contributed by atoms with Gasteiger partial charge in [0, 0.05) is 37.3 Å². The molecule has 0 aliphatic carbocycles. The number of nitro groups is 1. The average Bonchev–Trinajstić information content (AvgIpc) is 2.76. The molecule has 0 radical (unpaired) electrons. The summed E-state index contributed by atoms with van der Waals surface area (Å²) >= 11 is 0. The van der Waals surface area contributed by atoms with E-state index in [9.17, 15) is 15.2 Å². The van der Waals surface area contributed by atoms with Gasteiger partial charge in [-0.2, -0.15) is 0 Å². The van der Waals surface area contributed by atoms with Crippen LogP contribution in [0.15, 0.2) is 24.3 Å². The van der Waals surface area contributed by atoms with E-state index in [0.717, 1.165) is 25.9 Å². The molecule has 8 N–H and O–H groups in total. The van der Waals surface area contributed by atoms with Crippen LogP contribution in [-0.2, 0) is 0 Å². The summed E-state index contributed by atoms with van der Waals surface area (Å²) in [4.78, 5) is 9.82. The molecule has 0 saturated carbocycles. The number of aliphatic hydroxyl groups excluding tert-OH is 4. The third-order valence-electron chi connectivity index (χ3n) is 4.48. The van der Waals surface area contributed by atoms with Gasteiger partial charge in [-0.05, 0) is 30.5 Å². The molecule has 0 amide bonds. The van der Waals surface area contributed by atoms with Crippen molar-refractivity contribution < 1.29 is 25.3 Å². The molecular formula is C19H36N4O6. The normalized spacial score (nSPS) is 15.0. The van der Waals surface area contributed by atoms with E-state index in [2.05, 4.69) is 10.6 Å². The molecular weight excluding hydrogens is 380 g/mol. The Morgan fingerprint density at radius 3 is 1.72 bits per heavy atom. The van der Waals surface area contributed by atoms with Gasteiger partial charge in [0.05, 0.1) is 36.9 Å². The van der Waals surface area contributed by atoms with Crippen LogP contribution in [0, 0.1) is 10.1 Å². The van der Waals surface area contributed by atoms with Crippen molar-refractivity contribution in [2.75, 3.05) is 32.9 Å². The SMILES string of the molecule is CC[C@@H](CO)NCCN[C@@H](CC)CO.NC(CO)C(O)c1ccc([N+](=O)[O-])cc1. The summed E-state index contributed by atoms with van der Waals surface area (Å²) < 4.78 is 0. The molecule has 0 aromatic heterocycles. The van der Waals surface area contributed by atoms with E-state index in [-0.39, 0.29) is 37.6 Å². The second kappa shape index (κ2) is 16.2. The first-order valence-corrected chi connectivity index (χ1v) is 9.81. The fourth-order valence-electron chi connectivity index (χ4n) is 2.37. The molecule has 10 heteroatoms. The maximum absolute atomic E-state index is 10.4. The highest BCUT2D eigenvalue weighted by Crippen LogP contribution is 2.19. The molecule has 0 aliphatic heterocycles. The standard InChI is InChI=1S/C10H24N2O2.C9H12N2O4/c1-3-9(7-13)11-5-6-12-10(4-2)8-14;10-8(5-12)9(13)6-1-3-7(4-2-6)11(14)15/h9-14H,3-8H2,1-2H3;1-4,8-9,12-13H,5,10H2/t9-,10-;/m0./s1. The largest absolute Gasteiger partial charge is 0.395 e. The molecule has 0 spiro atoms. The summed E-state index contributed by atoms with van der Waals surface area (Å²) in [6.45, 7) is 5.78. The lowest BCUT2D eigenvalue weighted by molar-refractivity contribution is -0.384. The second-order valence-corrected chi connectivity index (χ2v) is 6.62. The Labute approximate surface area is 171 Å². The topological polar surface area (TPSA) is 174 Å². The summed E-state index contributed by atoms with van der Waals surface area (Å²) in [5.74, 6) is 0. The molecule has 0 heterocycles. The zero-order valence-electron chi connectivity index (χ0n) is 17.2. The van der Waals surface area contributed by atoms with Gasteiger partial charge in [-0.1, -0.05) is 13.8 Å². The second-order valence-electron chi connectivity index (χ2n) is 6.62. The number of hydrogen-bond donors (Lipinski definition) is 7. The molecule has 168 valence electrons. The lowest BCUT2D eigenvalue weighted by Gasteiger charge is -2.17.